The lowest BCUT2D eigenvalue weighted by atomic mass is 9.92. The van der Waals surface area contributed by atoms with E-state index < -0.39 is 0 Å². The van der Waals surface area contributed by atoms with E-state index in [1.807, 2.05) is 16.7 Å². The van der Waals surface area contributed by atoms with Crippen molar-refractivity contribution < 1.29 is 18.7 Å². The van der Waals surface area contributed by atoms with Gasteiger partial charge in [0.05, 0.1) is 10.9 Å². The molecule has 4 rings (SSSR count). The quantitative estimate of drug-likeness (QED) is 0.834. The highest BCUT2D eigenvalue weighted by Gasteiger charge is 2.51. The zero-order valence-electron chi connectivity index (χ0n) is 13.1. The summed E-state index contributed by atoms with van der Waals surface area (Å²) in [5.41, 5.74) is 0.398. The van der Waals surface area contributed by atoms with Crippen LogP contribution in [-0.2, 0) is 9.47 Å². The second kappa shape index (κ2) is 6.45. The summed E-state index contributed by atoms with van der Waals surface area (Å²) in [5, 5.41) is 0. The van der Waals surface area contributed by atoms with Crippen LogP contribution in [0.2, 0.25) is 0 Å². The molecule has 0 aliphatic carbocycles. The van der Waals surface area contributed by atoms with Crippen LogP contribution in [0.15, 0.2) is 17.1 Å². The SMILES string of the molecule is O=C(c1cocn1)N1CC2(CC(OCC3CCOCC3)CS2)C1. The maximum atomic E-state index is 12.2. The van der Waals surface area contributed by atoms with Crippen molar-refractivity contribution in [2.75, 3.05) is 38.7 Å². The maximum absolute atomic E-state index is 12.2. The molecule has 1 aromatic heterocycles. The van der Waals surface area contributed by atoms with Gasteiger partial charge in [0.1, 0.15) is 6.26 Å². The number of rotatable bonds is 4. The van der Waals surface area contributed by atoms with Gasteiger partial charge in [0.15, 0.2) is 12.1 Å². The number of hydrogen-bond donors (Lipinski definition) is 0. The van der Waals surface area contributed by atoms with Crippen molar-refractivity contribution in [1.29, 1.82) is 0 Å². The second-order valence-electron chi connectivity index (χ2n) is 6.74. The van der Waals surface area contributed by atoms with E-state index in [1.54, 1.807) is 0 Å². The Morgan fingerprint density at radius 3 is 3.00 bits per heavy atom. The molecule has 0 radical (unpaired) electrons. The number of hydrogen-bond acceptors (Lipinski definition) is 6. The van der Waals surface area contributed by atoms with Crippen molar-refractivity contribution in [3.63, 3.8) is 0 Å². The van der Waals surface area contributed by atoms with Crippen molar-refractivity contribution in [3.05, 3.63) is 18.4 Å². The van der Waals surface area contributed by atoms with Gasteiger partial charge in [-0.15, -0.1) is 11.8 Å². The number of likely N-dealkylation sites (tertiary alicyclic amines) is 1. The van der Waals surface area contributed by atoms with Crippen molar-refractivity contribution in [2.24, 2.45) is 5.92 Å². The molecule has 1 atom stereocenters. The van der Waals surface area contributed by atoms with Crippen LogP contribution in [0.1, 0.15) is 29.8 Å². The van der Waals surface area contributed by atoms with Crippen molar-refractivity contribution in [3.8, 4) is 0 Å². The van der Waals surface area contributed by atoms with Crippen molar-refractivity contribution in [2.45, 2.75) is 30.1 Å². The van der Waals surface area contributed by atoms with Gasteiger partial charge in [-0.25, -0.2) is 4.98 Å². The summed E-state index contributed by atoms with van der Waals surface area (Å²) in [5.74, 6) is 1.66. The number of carbonyl (C=O) groups excluding carboxylic acids is 1. The predicted molar refractivity (Wildman–Crippen MR) is 85.5 cm³/mol. The highest BCUT2D eigenvalue weighted by molar-refractivity contribution is 8.01. The van der Waals surface area contributed by atoms with Crippen LogP contribution in [0.5, 0.6) is 0 Å². The predicted octanol–water partition coefficient (Wildman–Crippen LogP) is 1.82. The monoisotopic (exact) mass is 338 g/mol. The van der Waals surface area contributed by atoms with Crippen LogP contribution in [0.25, 0.3) is 0 Å². The van der Waals surface area contributed by atoms with E-state index in [0.717, 1.165) is 57.9 Å². The Balaban J connectivity index is 1.23. The van der Waals surface area contributed by atoms with Crippen molar-refractivity contribution in [1.82, 2.24) is 9.88 Å². The Morgan fingerprint density at radius 2 is 2.26 bits per heavy atom. The van der Waals surface area contributed by atoms with Gasteiger partial charge in [0.25, 0.3) is 5.91 Å². The molecular weight excluding hydrogens is 316 g/mol. The molecule has 7 heteroatoms. The van der Waals surface area contributed by atoms with Gasteiger partial charge in [-0.1, -0.05) is 0 Å². The third kappa shape index (κ3) is 3.27. The normalized spacial score (nSPS) is 27.3. The first-order chi connectivity index (χ1) is 11.2. The first-order valence-corrected chi connectivity index (χ1v) is 9.23. The fourth-order valence-corrected chi connectivity index (χ4v) is 5.14. The molecule has 1 amide bonds. The molecule has 23 heavy (non-hydrogen) atoms. The zero-order chi connectivity index (χ0) is 15.7. The Kier molecular flexibility index (Phi) is 4.34. The van der Waals surface area contributed by atoms with Crippen LogP contribution in [0, 0.1) is 5.92 Å². The van der Waals surface area contributed by atoms with Crippen molar-refractivity contribution >= 4 is 17.7 Å². The molecule has 126 valence electrons. The summed E-state index contributed by atoms with van der Waals surface area (Å²) in [6.45, 7) is 4.18. The van der Waals surface area contributed by atoms with Gasteiger partial charge in [-0.05, 0) is 25.2 Å². The number of nitrogens with zero attached hydrogens (tertiary/aromatic N) is 2. The molecule has 3 aliphatic heterocycles. The maximum Gasteiger partial charge on any atom is 0.275 e. The third-order valence-corrected chi connectivity index (χ3v) is 6.56. The number of amides is 1. The van der Waals surface area contributed by atoms with E-state index >= 15 is 0 Å². The lowest BCUT2D eigenvalue weighted by Gasteiger charge is -2.47. The Bertz CT molecular complexity index is 538. The highest BCUT2D eigenvalue weighted by Crippen LogP contribution is 2.46. The molecule has 1 unspecified atom stereocenters. The zero-order valence-corrected chi connectivity index (χ0v) is 13.9. The summed E-state index contributed by atoms with van der Waals surface area (Å²) < 4.78 is 16.6. The lowest BCUT2D eigenvalue weighted by Crippen LogP contribution is -2.60. The standard InChI is InChI=1S/C16H22N2O4S/c19-15(14-7-21-11-17-14)18-9-16(10-18)5-13(8-23-16)22-6-12-1-3-20-4-2-12/h7,11-13H,1-6,8-10H2. The number of oxazole rings is 1. The second-order valence-corrected chi connectivity index (χ2v) is 8.23. The molecule has 4 heterocycles. The van der Waals surface area contributed by atoms with Crippen LogP contribution in [-0.4, -0.2) is 65.3 Å². The number of ether oxygens (including phenoxy) is 2. The Morgan fingerprint density at radius 1 is 1.43 bits per heavy atom. The minimum absolute atomic E-state index is 0.0310. The molecule has 1 aromatic rings. The first kappa shape index (κ1) is 15.5. The largest absolute Gasteiger partial charge is 0.451 e. The van der Waals surface area contributed by atoms with Crippen LogP contribution in [0.3, 0.4) is 0 Å². The van der Waals surface area contributed by atoms with Gasteiger partial charge < -0.3 is 18.8 Å². The Hall–Kier alpha value is -1.05. The third-order valence-electron chi connectivity index (χ3n) is 4.98. The Labute approximate surface area is 139 Å². The van der Waals surface area contributed by atoms with E-state index in [4.69, 9.17) is 13.9 Å². The molecule has 3 aliphatic rings. The fraction of sp³-hybridized carbons (Fsp3) is 0.750. The number of carbonyl (C=O) groups is 1. The van der Waals surface area contributed by atoms with Crippen LogP contribution >= 0.6 is 11.8 Å². The van der Waals surface area contributed by atoms with E-state index in [1.165, 1.54) is 12.7 Å². The van der Waals surface area contributed by atoms with Crippen LogP contribution < -0.4 is 0 Å². The molecule has 6 nitrogen and oxygen atoms in total. The summed E-state index contributed by atoms with van der Waals surface area (Å²) in [4.78, 5) is 18.0. The van der Waals surface area contributed by atoms with E-state index in [-0.39, 0.29) is 10.7 Å². The molecular formula is C16H22N2O4S. The summed E-state index contributed by atoms with van der Waals surface area (Å²) >= 11 is 1.96. The number of aromatic nitrogens is 1. The molecule has 0 N–H and O–H groups in total. The molecule has 1 spiro atoms. The smallest absolute Gasteiger partial charge is 0.275 e. The summed E-state index contributed by atoms with van der Waals surface area (Å²) in [6, 6.07) is 0. The number of thioether (sulfide) groups is 1. The molecule has 0 aromatic carbocycles. The molecule has 0 bridgehead atoms. The molecule has 0 saturated carbocycles. The highest BCUT2D eigenvalue weighted by atomic mass is 32.2. The van der Waals surface area contributed by atoms with Gasteiger partial charge >= 0.3 is 0 Å². The van der Waals surface area contributed by atoms with E-state index in [2.05, 4.69) is 4.98 Å². The first-order valence-electron chi connectivity index (χ1n) is 8.25. The minimum Gasteiger partial charge on any atom is -0.451 e. The average molecular weight is 338 g/mol. The van der Waals surface area contributed by atoms with Gasteiger partial charge in [0.2, 0.25) is 0 Å². The van der Waals surface area contributed by atoms with E-state index in [9.17, 15) is 4.79 Å². The fourth-order valence-electron chi connectivity index (χ4n) is 3.59. The summed E-state index contributed by atoms with van der Waals surface area (Å²) in [7, 11) is 0. The summed E-state index contributed by atoms with van der Waals surface area (Å²) in [6.07, 6.45) is 6.31. The minimum atomic E-state index is -0.0310. The molecule has 3 saturated heterocycles. The van der Waals surface area contributed by atoms with Gasteiger partial charge in [-0.2, -0.15) is 0 Å². The van der Waals surface area contributed by atoms with E-state index in [0.29, 0.717) is 17.7 Å². The topological polar surface area (TPSA) is 64.8 Å². The van der Waals surface area contributed by atoms with Crippen LogP contribution in [0.4, 0.5) is 0 Å². The van der Waals surface area contributed by atoms with Gasteiger partial charge in [-0.3, -0.25) is 4.79 Å². The lowest BCUT2D eigenvalue weighted by molar-refractivity contribution is -0.0119. The molecule has 3 fully saturated rings. The van der Waals surface area contributed by atoms with Gasteiger partial charge in [0, 0.05) is 38.7 Å². The average Bonchev–Trinajstić information content (AvgIpc) is 3.22.